The summed E-state index contributed by atoms with van der Waals surface area (Å²) in [5, 5.41) is 0.706. The van der Waals surface area contributed by atoms with Gasteiger partial charge in [-0.3, -0.25) is 4.79 Å². The number of aromatic nitrogens is 1. The van der Waals surface area contributed by atoms with Crippen molar-refractivity contribution >= 4 is 39.1 Å². The highest BCUT2D eigenvalue weighted by Gasteiger charge is 2.16. The number of carbonyl (C=O) groups is 1. The largest absolute Gasteiger partial charge is 0.494 e. The van der Waals surface area contributed by atoms with Crippen molar-refractivity contribution in [3.8, 4) is 0 Å². The maximum Gasteiger partial charge on any atom is 0.317 e. The van der Waals surface area contributed by atoms with Crippen LogP contribution < -0.4 is 4.80 Å². The number of fused-ring (bicyclic) bond motifs is 1. The van der Waals surface area contributed by atoms with Crippen molar-refractivity contribution in [3.05, 3.63) is 39.5 Å². The summed E-state index contributed by atoms with van der Waals surface area (Å²) >= 11 is 7.66. The first-order chi connectivity index (χ1) is 10.6. The molecule has 1 aromatic carbocycles. The van der Waals surface area contributed by atoms with Crippen LogP contribution in [0.1, 0.15) is 12.5 Å². The molecule has 0 unspecified atom stereocenters. The highest BCUT2D eigenvalue weighted by atomic mass is 35.5. The molecule has 1 aliphatic rings. The molecular weight excluding hydrogens is 324 g/mol. The van der Waals surface area contributed by atoms with Gasteiger partial charge in [0.1, 0.15) is 19.5 Å². The second-order valence-corrected chi connectivity index (χ2v) is 6.18. The van der Waals surface area contributed by atoms with E-state index in [9.17, 15) is 4.79 Å². The maximum atomic E-state index is 12.2. The summed E-state index contributed by atoms with van der Waals surface area (Å²) in [5.41, 5.74) is 2.00. The zero-order valence-electron chi connectivity index (χ0n) is 12.3. The number of ether oxygens (including phenoxy) is 2. The number of rotatable bonds is 2. The van der Waals surface area contributed by atoms with Crippen molar-refractivity contribution in [2.45, 2.75) is 20.4 Å². The van der Waals surface area contributed by atoms with Crippen LogP contribution in [0.2, 0.25) is 5.02 Å². The molecule has 2 aromatic rings. The van der Waals surface area contributed by atoms with Gasteiger partial charge in [0.2, 0.25) is 5.76 Å². The molecule has 0 aliphatic carbocycles. The van der Waals surface area contributed by atoms with Gasteiger partial charge in [0, 0.05) is 11.6 Å². The lowest BCUT2D eigenvalue weighted by Gasteiger charge is -2.12. The molecule has 0 atom stereocenters. The Morgan fingerprint density at radius 2 is 2.27 bits per heavy atom. The van der Waals surface area contributed by atoms with Gasteiger partial charge in [-0.25, -0.2) is 0 Å². The van der Waals surface area contributed by atoms with Crippen LogP contribution in [0.25, 0.3) is 10.2 Å². The van der Waals surface area contributed by atoms with E-state index < -0.39 is 5.91 Å². The third kappa shape index (κ3) is 2.64. The van der Waals surface area contributed by atoms with E-state index in [1.165, 1.54) is 17.6 Å². The molecule has 0 bridgehead atoms. The minimum absolute atomic E-state index is 0.140. The molecule has 1 aromatic heterocycles. The Balaban J connectivity index is 2.14. The molecule has 116 valence electrons. The average molecular weight is 339 g/mol. The zero-order valence-corrected chi connectivity index (χ0v) is 13.8. The third-order valence-electron chi connectivity index (χ3n) is 3.40. The van der Waals surface area contributed by atoms with Gasteiger partial charge in [-0.1, -0.05) is 22.9 Å². The summed E-state index contributed by atoms with van der Waals surface area (Å²) < 4.78 is 13.4. The monoisotopic (exact) mass is 338 g/mol. The smallest absolute Gasteiger partial charge is 0.317 e. The summed E-state index contributed by atoms with van der Waals surface area (Å²) in [4.78, 5) is 17.0. The van der Waals surface area contributed by atoms with E-state index in [0.717, 1.165) is 15.8 Å². The topological polar surface area (TPSA) is 52.8 Å². The molecule has 0 saturated heterocycles. The Bertz CT molecular complexity index is 835. The second-order valence-electron chi connectivity index (χ2n) is 4.77. The van der Waals surface area contributed by atoms with Gasteiger partial charge in [0.05, 0.1) is 10.2 Å². The minimum atomic E-state index is -0.433. The molecule has 1 aliphatic heterocycles. The van der Waals surface area contributed by atoms with Crippen LogP contribution in [0.5, 0.6) is 0 Å². The number of halogens is 1. The number of hydrogen-bond acceptors (Lipinski definition) is 4. The lowest BCUT2D eigenvalue weighted by Crippen LogP contribution is -2.19. The van der Waals surface area contributed by atoms with E-state index in [1.807, 2.05) is 30.5 Å². The van der Waals surface area contributed by atoms with Gasteiger partial charge in [0.15, 0.2) is 4.80 Å². The summed E-state index contributed by atoms with van der Waals surface area (Å²) in [5.74, 6) is -0.293. The third-order valence-corrected chi connectivity index (χ3v) is 4.86. The van der Waals surface area contributed by atoms with Crippen molar-refractivity contribution in [3.63, 3.8) is 0 Å². The Hall–Kier alpha value is -1.79. The highest BCUT2D eigenvalue weighted by molar-refractivity contribution is 7.16. The highest BCUT2D eigenvalue weighted by Crippen LogP contribution is 2.27. The first-order valence-electron chi connectivity index (χ1n) is 6.94. The number of thiazole rings is 1. The molecule has 5 nitrogen and oxygen atoms in total. The Kier molecular flexibility index (Phi) is 4.22. The number of aryl methyl sites for hydroxylation is 2. The zero-order chi connectivity index (χ0) is 15.7. The predicted molar refractivity (Wildman–Crippen MR) is 85.8 cm³/mol. The quantitative estimate of drug-likeness (QED) is 0.845. The first-order valence-corrected chi connectivity index (χ1v) is 8.13. The average Bonchev–Trinajstić information content (AvgIpc) is 2.89. The van der Waals surface area contributed by atoms with Crippen LogP contribution in [0.3, 0.4) is 0 Å². The lowest BCUT2D eigenvalue weighted by atomic mass is 10.2. The van der Waals surface area contributed by atoms with Crippen LogP contribution in [0, 0.1) is 6.92 Å². The Morgan fingerprint density at radius 1 is 1.45 bits per heavy atom. The van der Waals surface area contributed by atoms with Crippen molar-refractivity contribution in [1.29, 1.82) is 0 Å². The van der Waals surface area contributed by atoms with Gasteiger partial charge < -0.3 is 14.0 Å². The molecule has 3 rings (SSSR count). The molecule has 0 radical (unpaired) electrons. The van der Waals surface area contributed by atoms with Gasteiger partial charge in [0.25, 0.3) is 0 Å². The number of amides is 1. The van der Waals surface area contributed by atoms with Gasteiger partial charge in [-0.2, -0.15) is 4.99 Å². The fourth-order valence-electron chi connectivity index (χ4n) is 2.32. The van der Waals surface area contributed by atoms with E-state index in [2.05, 4.69) is 4.99 Å². The molecule has 0 fully saturated rings. The number of carbonyl (C=O) groups excluding carboxylic acids is 1. The summed E-state index contributed by atoms with van der Waals surface area (Å²) in [6.07, 6.45) is 1.32. The fraction of sp³-hybridized carbons (Fsp3) is 0.333. The van der Waals surface area contributed by atoms with Crippen molar-refractivity contribution in [2.24, 2.45) is 4.99 Å². The standard InChI is InChI=1S/C15H15ClN2O3S/c1-3-18-13-9(2)10(16)4-5-12(13)22-15(18)17-14(19)11-8-20-6-7-21-11/h4-5,8H,3,6-7H2,1-2H3. The van der Waals surface area contributed by atoms with Crippen LogP contribution in [0.15, 0.2) is 29.1 Å². The van der Waals surface area contributed by atoms with Crippen LogP contribution in [-0.4, -0.2) is 23.7 Å². The molecule has 0 spiro atoms. The molecule has 22 heavy (non-hydrogen) atoms. The maximum absolute atomic E-state index is 12.2. The van der Waals surface area contributed by atoms with Crippen LogP contribution in [0.4, 0.5) is 0 Å². The van der Waals surface area contributed by atoms with E-state index in [1.54, 1.807) is 0 Å². The Morgan fingerprint density at radius 3 is 2.95 bits per heavy atom. The summed E-state index contributed by atoms with van der Waals surface area (Å²) in [6.45, 7) is 5.49. The number of nitrogens with zero attached hydrogens (tertiary/aromatic N) is 2. The first kappa shape index (κ1) is 15.1. The predicted octanol–water partition coefficient (Wildman–Crippen LogP) is 3.00. The summed E-state index contributed by atoms with van der Waals surface area (Å²) in [7, 11) is 0. The second kappa shape index (κ2) is 6.14. The van der Waals surface area contributed by atoms with Gasteiger partial charge in [-0.15, -0.1) is 0 Å². The van der Waals surface area contributed by atoms with Crippen LogP contribution in [-0.2, 0) is 20.8 Å². The molecular formula is C15H15ClN2O3S. The van der Waals surface area contributed by atoms with E-state index in [4.69, 9.17) is 21.1 Å². The van der Waals surface area contributed by atoms with Crippen molar-refractivity contribution in [2.75, 3.05) is 13.2 Å². The fourth-order valence-corrected chi connectivity index (χ4v) is 3.62. The molecule has 7 heteroatoms. The van der Waals surface area contributed by atoms with E-state index >= 15 is 0 Å². The molecule has 2 heterocycles. The normalized spacial score (nSPS) is 15.4. The molecule has 0 saturated carbocycles. The minimum Gasteiger partial charge on any atom is -0.494 e. The Labute approximate surface area is 136 Å². The SMILES string of the molecule is CCn1c(=NC(=O)C2=COCCO2)sc2ccc(Cl)c(C)c21. The van der Waals surface area contributed by atoms with Gasteiger partial charge in [-0.05, 0) is 31.5 Å². The summed E-state index contributed by atoms with van der Waals surface area (Å²) in [6, 6.07) is 3.81. The number of benzene rings is 1. The number of hydrogen-bond donors (Lipinski definition) is 0. The van der Waals surface area contributed by atoms with E-state index in [0.29, 0.717) is 29.6 Å². The molecule has 0 N–H and O–H groups in total. The molecule has 1 amide bonds. The van der Waals surface area contributed by atoms with Crippen LogP contribution >= 0.6 is 22.9 Å². The van der Waals surface area contributed by atoms with Gasteiger partial charge >= 0.3 is 5.91 Å². The van der Waals surface area contributed by atoms with Crippen molar-refractivity contribution in [1.82, 2.24) is 4.57 Å². The lowest BCUT2D eigenvalue weighted by molar-refractivity contribution is -0.119. The van der Waals surface area contributed by atoms with Crippen molar-refractivity contribution < 1.29 is 14.3 Å². The van der Waals surface area contributed by atoms with E-state index in [-0.39, 0.29) is 5.76 Å².